The van der Waals surface area contributed by atoms with Gasteiger partial charge in [0.25, 0.3) is 5.91 Å². The van der Waals surface area contributed by atoms with Crippen LogP contribution in [-0.4, -0.2) is 44.9 Å². The monoisotopic (exact) mass is 470 g/mol. The first-order valence-electron chi connectivity index (χ1n) is 11.9. The van der Waals surface area contributed by atoms with Crippen LogP contribution >= 0.6 is 0 Å². The van der Waals surface area contributed by atoms with Gasteiger partial charge in [0.15, 0.2) is 0 Å². The van der Waals surface area contributed by atoms with Crippen molar-refractivity contribution < 1.29 is 17.9 Å². The number of anilines is 1. The lowest BCUT2D eigenvalue weighted by Crippen LogP contribution is -2.40. The Balaban J connectivity index is 1.57. The Kier molecular flexibility index (Phi) is 7.10. The molecule has 0 spiro atoms. The molecule has 0 heterocycles. The minimum Gasteiger partial charge on any atom is -0.497 e. The van der Waals surface area contributed by atoms with Crippen LogP contribution in [-0.2, 0) is 10.0 Å². The van der Waals surface area contributed by atoms with E-state index in [0.717, 1.165) is 50.0 Å². The summed E-state index contributed by atoms with van der Waals surface area (Å²) in [7, 11) is -0.296. The van der Waals surface area contributed by atoms with Crippen molar-refractivity contribution in [1.82, 2.24) is 4.31 Å². The van der Waals surface area contributed by atoms with E-state index < -0.39 is 10.0 Å². The Morgan fingerprint density at radius 1 is 0.939 bits per heavy atom. The lowest BCUT2D eigenvalue weighted by Gasteiger charge is -2.31. The van der Waals surface area contributed by atoms with Crippen LogP contribution < -0.4 is 9.64 Å². The first-order valence-corrected chi connectivity index (χ1v) is 13.3. The van der Waals surface area contributed by atoms with Gasteiger partial charge in [0, 0.05) is 30.4 Å². The molecule has 2 aliphatic carbocycles. The normalized spacial score (nSPS) is 18.2. The standard InChI is InChI=1S/C26H34N2O4S/c1-19(20-9-10-20)28(23-13-15-24(32-3)16-14-23)26(29)21-11-17-25(18-12-21)33(30,31)27(2)22-7-5-4-6-8-22/h11-20,22H,4-10H2,1-3H3. The van der Waals surface area contributed by atoms with Gasteiger partial charge < -0.3 is 9.64 Å². The van der Waals surface area contributed by atoms with Crippen molar-refractivity contribution >= 4 is 21.6 Å². The van der Waals surface area contributed by atoms with Gasteiger partial charge in [0.2, 0.25) is 10.0 Å². The number of ether oxygens (including phenoxy) is 1. The molecule has 1 unspecified atom stereocenters. The molecule has 0 bridgehead atoms. The molecule has 1 atom stereocenters. The SMILES string of the molecule is COc1ccc(N(C(=O)c2ccc(S(=O)(=O)N(C)C3CCCCC3)cc2)C(C)C2CC2)cc1. The number of carbonyl (C=O) groups is 1. The van der Waals surface area contributed by atoms with Gasteiger partial charge in [-0.25, -0.2) is 8.42 Å². The Morgan fingerprint density at radius 2 is 1.55 bits per heavy atom. The summed E-state index contributed by atoms with van der Waals surface area (Å²) >= 11 is 0. The lowest BCUT2D eigenvalue weighted by atomic mass is 9.96. The molecular formula is C26H34N2O4S. The molecule has 7 heteroatoms. The first kappa shape index (κ1) is 23.8. The molecule has 0 saturated heterocycles. The van der Waals surface area contributed by atoms with E-state index in [4.69, 9.17) is 4.74 Å². The highest BCUT2D eigenvalue weighted by Gasteiger charge is 2.36. The van der Waals surface area contributed by atoms with Crippen molar-refractivity contribution in [1.29, 1.82) is 0 Å². The minimum absolute atomic E-state index is 0.0509. The molecule has 2 aromatic rings. The number of hydrogen-bond acceptors (Lipinski definition) is 4. The van der Waals surface area contributed by atoms with Gasteiger partial charge in [-0.1, -0.05) is 19.3 Å². The summed E-state index contributed by atoms with van der Waals surface area (Å²) in [5, 5.41) is 0. The lowest BCUT2D eigenvalue weighted by molar-refractivity contribution is 0.0975. The molecule has 4 rings (SSSR count). The minimum atomic E-state index is -3.59. The molecule has 1 amide bonds. The number of rotatable bonds is 8. The number of hydrogen-bond donors (Lipinski definition) is 0. The summed E-state index contributed by atoms with van der Waals surface area (Å²) in [4.78, 5) is 15.6. The molecule has 6 nitrogen and oxygen atoms in total. The van der Waals surface area contributed by atoms with Crippen LogP contribution in [0.4, 0.5) is 5.69 Å². The van der Waals surface area contributed by atoms with Crippen LogP contribution in [0.15, 0.2) is 53.4 Å². The van der Waals surface area contributed by atoms with E-state index in [1.165, 1.54) is 10.7 Å². The van der Waals surface area contributed by atoms with Gasteiger partial charge in [-0.2, -0.15) is 4.31 Å². The third-order valence-electron chi connectivity index (χ3n) is 7.15. The molecule has 0 aliphatic heterocycles. The predicted octanol–water partition coefficient (Wildman–Crippen LogP) is 5.09. The smallest absolute Gasteiger partial charge is 0.258 e. The average Bonchev–Trinajstić information content (AvgIpc) is 3.70. The number of sulfonamides is 1. The predicted molar refractivity (Wildman–Crippen MR) is 130 cm³/mol. The van der Waals surface area contributed by atoms with Gasteiger partial charge in [0.1, 0.15) is 5.75 Å². The Morgan fingerprint density at radius 3 is 2.09 bits per heavy atom. The number of nitrogens with zero attached hydrogens (tertiary/aromatic N) is 2. The van der Waals surface area contributed by atoms with E-state index in [2.05, 4.69) is 6.92 Å². The van der Waals surface area contributed by atoms with Crippen molar-refractivity contribution in [2.45, 2.75) is 68.8 Å². The topological polar surface area (TPSA) is 66.9 Å². The number of methoxy groups -OCH3 is 1. The largest absolute Gasteiger partial charge is 0.497 e. The van der Waals surface area contributed by atoms with E-state index in [0.29, 0.717) is 11.5 Å². The Labute approximate surface area is 197 Å². The zero-order valence-corrected chi connectivity index (χ0v) is 20.6. The van der Waals surface area contributed by atoms with Gasteiger partial charge in [0.05, 0.1) is 12.0 Å². The van der Waals surface area contributed by atoms with Crippen molar-refractivity contribution in [3.8, 4) is 5.75 Å². The summed E-state index contributed by atoms with van der Waals surface area (Å²) in [5.41, 5.74) is 1.30. The second kappa shape index (κ2) is 9.85. The quantitative estimate of drug-likeness (QED) is 0.539. The molecule has 0 radical (unpaired) electrons. The summed E-state index contributed by atoms with van der Waals surface area (Å²) in [6.07, 6.45) is 7.35. The zero-order chi connectivity index (χ0) is 23.6. The maximum Gasteiger partial charge on any atom is 0.258 e. The van der Waals surface area contributed by atoms with Crippen molar-refractivity contribution in [3.05, 3.63) is 54.1 Å². The molecule has 0 N–H and O–H groups in total. The van der Waals surface area contributed by atoms with E-state index in [-0.39, 0.29) is 22.9 Å². The van der Waals surface area contributed by atoms with Crippen LogP contribution in [0.2, 0.25) is 0 Å². The molecule has 2 aromatic carbocycles. The van der Waals surface area contributed by atoms with E-state index in [1.807, 2.05) is 29.2 Å². The maximum absolute atomic E-state index is 13.6. The van der Waals surface area contributed by atoms with Crippen molar-refractivity contribution in [2.75, 3.05) is 19.1 Å². The van der Waals surface area contributed by atoms with Gasteiger partial charge in [-0.3, -0.25) is 4.79 Å². The van der Waals surface area contributed by atoms with Crippen LogP contribution in [0.25, 0.3) is 0 Å². The van der Waals surface area contributed by atoms with Crippen LogP contribution in [0.3, 0.4) is 0 Å². The van der Waals surface area contributed by atoms with E-state index >= 15 is 0 Å². The average molecular weight is 471 g/mol. The molecule has 0 aromatic heterocycles. The number of amides is 1. The van der Waals surface area contributed by atoms with Crippen molar-refractivity contribution in [3.63, 3.8) is 0 Å². The molecule has 2 aliphatic rings. The van der Waals surface area contributed by atoms with Crippen LogP contribution in [0, 0.1) is 5.92 Å². The fraction of sp³-hybridized carbons (Fsp3) is 0.500. The van der Waals surface area contributed by atoms with Crippen LogP contribution in [0.5, 0.6) is 5.75 Å². The molecule has 2 fully saturated rings. The van der Waals surface area contributed by atoms with E-state index in [9.17, 15) is 13.2 Å². The second-order valence-corrected chi connectivity index (χ2v) is 11.3. The molecule has 2 saturated carbocycles. The zero-order valence-electron chi connectivity index (χ0n) is 19.7. The number of benzene rings is 2. The summed E-state index contributed by atoms with van der Waals surface area (Å²) < 4.78 is 33.1. The fourth-order valence-corrected chi connectivity index (χ4v) is 6.20. The third-order valence-corrected chi connectivity index (χ3v) is 9.07. The highest BCUT2D eigenvalue weighted by Crippen LogP contribution is 2.38. The first-order chi connectivity index (χ1) is 15.8. The second-order valence-electron chi connectivity index (χ2n) is 9.29. The van der Waals surface area contributed by atoms with E-state index in [1.54, 1.807) is 38.4 Å². The summed E-state index contributed by atoms with van der Waals surface area (Å²) in [6.45, 7) is 2.08. The molecule has 33 heavy (non-hydrogen) atoms. The highest BCUT2D eigenvalue weighted by atomic mass is 32.2. The Hall–Kier alpha value is -2.38. The summed E-state index contributed by atoms with van der Waals surface area (Å²) in [5.74, 6) is 1.10. The maximum atomic E-state index is 13.6. The highest BCUT2D eigenvalue weighted by molar-refractivity contribution is 7.89. The molecule has 178 valence electrons. The Bertz CT molecular complexity index is 1060. The fourth-order valence-electron chi connectivity index (χ4n) is 4.79. The molecular weight excluding hydrogens is 436 g/mol. The van der Waals surface area contributed by atoms with Gasteiger partial charge in [-0.15, -0.1) is 0 Å². The summed E-state index contributed by atoms with van der Waals surface area (Å²) in [6, 6.07) is 14.0. The van der Waals surface area contributed by atoms with Gasteiger partial charge in [-0.05, 0) is 87.1 Å². The third kappa shape index (κ3) is 5.09. The number of carbonyl (C=O) groups excluding carboxylic acids is 1. The van der Waals surface area contributed by atoms with Crippen LogP contribution in [0.1, 0.15) is 62.2 Å². The van der Waals surface area contributed by atoms with Crippen molar-refractivity contribution in [2.24, 2.45) is 5.92 Å². The van der Waals surface area contributed by atoms with Gasteiger partial charge >= 0.3 is 0 Å².